The van der Waals surface area contributed by atoms with Gasteiger partial charge in [-0.1, -0.05) is 30.1 Å². The maximum Gasteiger partial charge on any atom is 0.430 e. The Bertz CT molecular complexity index is 683. The van der Waals surface area contributed by atoms with E-state index >= 15 is 0 Å². The summed E-state index contributed by atoms with van der Waals surface area (Å²) in [6.07, 6.45) is -6.64. The van der Waals surface area contributed by atoms with Crippen molar-refractivity contribution in [1.82, 2.24) is 0 Å². The van der Waals surface area contributed by atoms with Crippen LogP contribution in [-0.2, 0) is 11.2 Å². The molecular formula is C13H9Cl2F3O4. The molecule has 22 heavy (non-hydrogen) atoms. The first kappa shape index (κ1) is 16.8. The van der Waals surface area contributed by atoms with Gasteiger partial charge in [-0.2, -0.15) is 13.2 Å². The number of phenols is 1. The summed E-state index contributed by atoms with van der Waals surface area (Å²) in [5, 5.41) is 18.3. The van der Waals surface area contributed by atoms with E-state index in [4.69, 9.17) is 33.0 Å². The molecule has 1 aromatic carbocycles. The molecule has 0 amide bonds. The van der Waals surface area contributed by atoms with Crippen molar-refractivity contribution < 1.29 is 32.9 Å². The molecule has 4 nitrogen and oxygen atoms in total. The Morgan fingerprint density at radius 2 is 1.95 bits per heavy atom. The topological polar surface area (TPSA) is 66.8 Å². The van der Waals surface area contributed by atoms with E-state index in [2.05, 4.69) is 0 Å². The van der Waals surface area contributed by atoms with Gasteiger partial charge in [-0.3, -0.25) is 0 Å². The molecule has 0 aromatic heterocycles. The highest BCUT2D eigenvalue weighted by Crippen LogP contribution is 2.49. The number of benzene rings is 1. The number of hydrogen-bond acceptors (Lipinski definition) is 3. The molecule has 0 spiro atoms. The fourth-order valence-electron chi connectivity index (χ4n) is 2.12. The lowest BCUT2D eigenvalue weighted by Gasteiger charge is -2.29. The van der Waals surface area contributed by atoms with Crippen LogP contribution in [0.25, 0.3) is 6.08 Å². The quantitative estimate of drug-likeness (QED) is 0.838. The van der Waals surface area contributed by atoms with Gasteiger partial charge in [-0.05, 0) is 12.5 Å². The number of carboxylic acids is 1. The van der Waals surface area contributed by atoms with Crippen molar-refractivity contribution in [2.75, 3.05) is 0 Å². The number of aromatic hydroxyl groups is 1. The van der Waals surface area contributed by atoms with Crippen LogP contribution in [0.3, 0.4) is 0 Å². The lowest BCUT2D eigenvalue weighted by molar-refractivity contribution is -0.187. The summed E-state index contributed by atoms with van der Waals surface area (Å²) < 4.78 is 43.6. The first-order valence-corrected chi connectivity index (χ1v) is 6.76. The van der Waals surface area contributed by atoms with Crippen molar-refractivity contribution in [2.45, 2.75) is 25.6 Å². The summed E-state index contributed by atoms with van der Waals surface area (Å²) in [6, 6.07) is 0. The summed E-state index contributed by atoms with van der Waals surface area (Å²) in [5.41, 5.74) is -0.912. The van der Waals surface area contributed by atoms with Crippen molar-refractivity contribution in [3.63, 3.8) is 0 Å². The predicted octanol–water partition coefficient (Wildman–Crippen LogP) is 4.05. The van der Waals surface area contributed by atoms with Crippen LogP contribution < -0.4 is 4.74 Å². The van der Waals surface area contributed by atoms with Gasteiger partial charge >= 0.3 is 12.1 Å². The summed E-state index contributed by atoms with van der Waals surface area (Å²) in [7, 11) is 0. The standard InChI is InChI=1S/C13H9Cl2F3O4/c1-2-4-7(14)5-3-6(12(20)21)11(13(16,17)18)22-10(5)8(15)9(4)19/h3,11,19H,2H2,1H3,(H,20,21). The van der Waals surface area contributed by atoms with E-state index in [0.717, 1.165) is 6.08 Å². The maximum atomic E-state index is 13.0. The van der Waals surface area contributed by atoms with Gasteiger partial charge in [-0.25, -0.2) is 4.79 Å². The van der Waals surface area contributed by atoms with E-state index in [1.807, 2.05) is 0 Å². The predicted molar refractivity (Wildman–Crippen MR) is 73.6 cm³/mol. The molecule has 1 aliphatic rings. The van der Waals surface area contributed by atoms with E-state index in [-0.39, 0.29) is 22.6 Å². The van der Waals surface area contributed by atoms with Crippen LogP contribution in [0.5, 0.6) is 11.5 Å². The second-order valence-electron chi connectivity index (χ2n) is 4.50. The second-order valence-corrected chi connectivity index (χ2v) is 5.25. The zero-order valence-electron chi connectivity index (χ0n) is 11.0. The fraction of sp³-hybridized carbons (Fsp3) is 0.308. The minimum atomic E-state index is -4.96. The minimum absolute atomic E-state index is 0.0979. The largest absolute Gasteiger partial charge is 0.506 e. The van der Waals surface area contributed by atoms with Gasteiger partial charge in [-0.15, -0.1) is 0 Å². The van der Waals surface area contributed by atoms with Gasteiger partial charge < -0.3 is 14.9 Å². The first-order chi connectivity index (χ1) is 10.1. The molecule has 1 aliphatic heterocycles. The molecule has 2 rings (SSSR count). The van der Waals surface area contributed by atoms with Gasteiger partial charge in [0.2, 0.25) is 6.10 Å². The molecule has 0 fully saturated rings. The Hall–Kier alpha value is -1.60. The van der Waals surface area contributed by atoms with Crippen molar-refractivity contribution in [2.24, 2.45) is 0 Å². The van der Waals surface area contributed by atoms with Crippen LogP contribution in [0.1, 0.15) is 18.1 Å². The fourth-order valence-corrected chi connectivity index (χ4v) is 2.74. The number of alkyl halides is 3. The van der Waals surface area contributed by atoms with Gasteiger partial charge in [0.1, 0.15) is 10.8 Å². The molecule has 1 aromatic rings. The van der Waals surface area contributed by atoms with Gasteiger partial charge in [0.25, 0.3) is 0 Å². The number of phenolic OH excluding ortho intramolecular Hbond substituents is 1. The average Bonchev–Trinajstić information content (AvgIpc) is 2.43. The van der Waals surface area contributed by atoms with Crippen LogP contribution in [0, 0.1) is 0 Å². The number of rotatable bonds is 2. The van der Waals surface area contributed by atoms with Crippen molar-refractivity contribution in [3.8, 4) is 11.5 Å². The lowest BCUT2D eigenvalue weighted by atomic mass is 9.98. The third-order valence-electron chi connectivity index (χ3n) is 3.15. The van der Waals surface area contributed by atoms with Crippen LogP contribution in [0.15, 0.2) is 5.57 Å². The van der Waals surface area contributed by atoms with E-state index in [1.54, 1.807) is 6.92 Å². The Balaban J connectivity index is 2.76. The molecule has 9 heteroatoms. The minimum Gasteiger partial charge on any atom is -0.506 e. The number of aliphatic carboxylic acids is 1. The molecule has 0 radical (unpaired) electrons. The Morgan fingerprint density at radius 3 is 2.41 bits per heavy atom. The molecule has 120 valence electrons. The number of hydrogen-bond donors (Lipinski definition) is 2. The molecular weight excluding hydrogens is 348 g/mol. The smallest absolute Gasteiger partial charge is 0.430 e. The first-order valence-electron chi connectivity index (χ1n) is 6.00. The molecule has 0 saturated carbocycles. The Morgan fingerprint density at radius 1 is 1.36 bits per heavy atom. The molecule has 2 N–H and O–H groups in total. The summed E-state index contributed by atoms with van der Waals surface area (Å²) in [6.45, 7) is 1.65. The van der Waals surface area contributed by atoms with Crippen LogP contribution in [0.2, 0.25) is 10.0 Å². The Labute approximate surface area is 132 Å². The van der Waals surface area contributed by atoms with Crippen molar-refractivity contribution >= 4 is 35.2 Å². The highest BCUT2D eigenvalue weighted by molar-refractivity contribution is 6.37. The lowest BCUT2D eigenvalue weighted by Crippen LogP contribution is -2.40. The van der Waals surface area contributed by atoms with Crippen molar-refractivity contribution in [3.05, 3.63) is 26.7 Å². The normalized spacial score (nSPS) is 17.5. The average molecular weight is 357 g/mol. The number of carbonyl (C=O) groups is 1. The second kappa shape index (κ2) is 5.55. The summed E-state index contributed by atoms with van der Waals surface area (Å²) in [4.78, 5) is 11.1. The molecule has 1 atom stereocenters. The number of carboxylic acid groups (broad SMARTS) is 1. The number of fused-ring (bicyclic) bond motifs is 1. The van der Waals surface area contributed by atoms with E-state index in [0.29, 0.717) is 0 Å². The molecule has 1 heterocycles. The van der Waals surface area contributed by atoms with Gasteiger partial charge in [0, 0.05) is 11.1 Å². The summed E-state index contributed by atoms with van der Waals surface area (Å²) in [5.74, 6) is -2.76. The highest BCUT2D eigenvalue weighted by atomic mass is 35.5. The van der Waals surface area contributed by atoms with Gasteiger partial charge in [0.05, 0.1) is 10.6 Å². The molecule has 0 bridgehead atoms. The molecule has 0 saturated heterocycles. The third-order valence-corrected chi connectivity index (χ3v) is 3.94. The summed E-state index contributed by atoms with van der Waals surface area (Å²) >= 11 is 11.9. The van der Waals surface area contributed by atoms with Gasteiger partial charge in [0.15, 0.2) is 5.75 Å². The number of ether oxygens (including phenoxy) is 1. The SMILES string of the molecule is CCc1c(O)c(Cl)c2c(c1Cl)C=C(C(=O)O)C(C(F)(F)F)O2. The van der Waals surface area contributed by atoms with Crippen LogP contribution in [-0.4, -0.2) is 28.5 Å². The monoisotopic (exact) mass is 356 g/mol. The van der Waals surface area contributed by atoms with Crippen LogP contribution >= 0.6 is 23.2 Å². The van der Waals surface area contributed by atoms with Crippen LogP contribution in [0.4, 0.5) is 13.2 Å². The zero-order valence-corrected chi connectivity index (χ0v) is 12.5. The Kier molecular flexibility index (Phi) is 4.23. The highest BCUT2D eigenvalue weighted by Gasteiger charge is 2.49. The van der Waals surface area contributed by atoms with E-state index < -0.39 is 40.3 Å². The van der Waals surface area contributed by atoms with E-state index in [1.165, 1.54) is 0 Å². The van der Waals surface area contributed by atoms with E-state index in [9.17, 15) is 23.1 Å². The zero-order chi connectivity index (χ0) is 16.8. The molecule has 1 unspecified atom stereocenters. The molecule has 0 aliphatic carbocycles. The number of halogens is 5. The third kappa shape index (κ3) is 2.59. The van der Waals surface area contributed by atoms with Crippen molar-refractivity contribution in [1.29, 1.82) is 0 Å². The maximum absolute atomic E-state index is 13.0.